The first kappa shape index (κ1) is 19.0. The lowest BCUT2D eigenvalue weighted by Crippen LogP contribution is -2.43. The van der Waals surface area contributed by atoms with Crippen LogP contribution in [-0.2, 0) is 11.3 Å². The van der Waals surface area contributed by atoms with E-state index in [2.05, 4.69) is 53.7 Å². The number of amides is 1. The zero-order valence-corrected chi connectivity index (χ0v) is 16.8. The molecule has 1 aromatic carbocycles. The van der Waals surface area contributed by atoms with E-state index in [9.17, 15) is 4.79 Å². The monoisotopic (exact) mass is 372 g/mol. The molecule has 0 spiro atoms. The topological polar surface area (TPSA) is 51.0 Å². The van der Waals surface area contributed by atoms with Crippen LogP contribution in [0.4, 0.5) is 0 Å². The third-order valence-corrected chi connectivity index (χ3v) is 5.84. The van der Waals surface area contributed by atoms with Crippen LogP contribution in [0, 0.1) is 6.92 Å². The maximum atomic E-state index is 12.6. The lowest BCUT2D eigenvalue weighted by atomic mass is 10.0. The molecule has 1 unspecified atom stereocenters. The Bertz CT molecular complexity index is 758. The number of nitrogens with zero attached hydrogens (tertiary/aromatic N) is 4. The van der Waals surface area contributed by atoms with E-state index in [-0.39, 0.29) is 5.91 Å². The van der Waals surface area contributed by atoms with E-state index in [1.54, 1.807) is 0 Å². The van der Waals surface area contributed by atoms with Gasteiger partial charge >= 0.3 is 0 Å². The van der Waals surface area contributed by atoms with Gasteiger partial charge in [-0.25, -0.2) is 0 Å². The third-order valence-electron chi connectivity index (χ3n) is 4.89. The zero-order valence-electron chi connectivity index (χ0n) is 15.9. The molecule has 1 aliphatic heterocycles. The van der Waals surface area contributed by atoms with Gasteiger partial charge in [0.25, 0.3) is 0 Å². The average molecular weight is 373 g/mol. The molecule has 0 bridgehead atoms. The molecule has 1 aromatic heterocycles. The minimum Gasteiger partial charge on any atom is -0.339 e. The molecule has 2 aromatic rings. The van der Waals surface area contributed by atoms with Crippen molar-refractivity contribution >= 4 is 17.7 Å². The summed E-state index contributed by atoms with van der Waals surface area (Å²) in [6.07, 6.45) is 4.45. The summed E-state index contributed by atoms with van der Waals surface area (Å²) < 4.78 is 2.15. The maximum Gasteiger partial charge on any atom is 0.233 e. The molecule has 140 valence electrons. The summed E-state index contributed by atoms with van der Waals surface area (Å²) in [5.41, 5.74) is 2.28. The van der Waals surface area contributed by atoms with E-state index in [4.69, 9.17) is 0 Å². The van der Waals surface area contributed by atoms with Crippen molar-refractivity contribution in [3.05, 3.63) is 29.8 Å². The normalized spacial score (nSPS) is 17.5. The fourth-order valence-electron chi connectivity index (χ4n) is 3.50. The Morgan fingerprint density at radius 3 is 2.88 bits per heavy atom. The van der Waals surface area contributed by atoms with Crippen LogP contribution in [0.15, 0.2) is 29.4 Å². The summed E-state index contributed by atoms with van der Waals surface area (Å²) in [4.78, 5) is 14.6. The van der Waals surface area contributed by atoms with E-state index in [0.29, 0.717) is 11.8 Å². The van der Waals surface area contributed by atoms with Crippen LogP contribution in [0.1, 0.15) is 45.1 Å². The van der Waals surface area contributed by atoms with Gasteiger partial charge < -0.3 is 9.47 Å². The summed E-state index contributed by atoms with van der Waals surface area (Å²) in [6, 6.07) is 8.68. The number of likely N-dealkylation sites (tertiary alicyclic amines) is 1. The second-order valence-corrected chi connectivity index (χ2v) is 7.99. The molecule has 1 saturated heterocycles. The van der Waals surface area contributed by atoms with Crippen LogP contribution in [0.25, 0.3) is 11.4 Å². The standard InChI is InChI=1S/C20H28N4OS/c1-4-11-24-19(17-10-7-8-15(2)13-17)21-22-20(24)26-14-18(25)23-12-6-5-9-16(23)3/h7-8,10,13,16H,4-6,9,11-12,14H2,1-3H3. The van der Waals surface area contributed by atoms with E-state index in [1.165, 1.54) is 23.7 Å². The van der Waals surface area contributed by atoms with Gasteiger partial charge in [0.15, 0.2) is 11.0 Å². The first-order valence-electron chi connectivity index (χ1n) is 9.52. The Balaban J connectivity index is 1.74. The molecule has 5 nitrogen and oxygen atoms in total. The minimum atomic E-state index is 0.213. The van der Waals surface area contributed by atoms with Crippen LogP contribution in [0.2, 0.25) is 0 Å². The highest BCUT2D eigenvalue weighted by Crippen LogP contribution is 2.26. The first-order valence-corrected chi connectivity index (χ1v) is 10.5. The fourth-order valence-corrected chi connectivity index (χ4v) is 4.35. The van der Waals surface area contributed by atoms with Gasteiger partial charge in [0, 0.05) is 24.7 Å². The van der Waals surface area contributed by atoms with Crippen LogP contribution in [-0.4, -0.2) is 43.9 Å². The number of rotatable bonds is 6. The van der Waals surface area contributed by atoms with Gasteiger partial charge in [-0.15, -0.1) is 10.2 Å². The zero-order chi connectivity index (χ0) is 18.5. The van der Waals surface area contributed by atoms with Crippen molar-refractivity contribution in [2.45, 2.75) is 64.2 Å². The second-order valence-electron chi connectivity index (χ2n) is 7.05. The molecular weight excluding hydrogens is 344 g/mol. The molecule has 1 atom stereocenters. The van der Waals surface area contributed by atoms with Crippen LogP contribution < -0.4 is 0 Å². The van der Waals surface area contributed by atoms with E-state index in [0.717, 1.165) is 48.9 Å². The Labute approximate surface area is 160 Å². The van der Waals surface area contributed by atoms with E-state index in [1.807, 2.05) is 11.0 Å². The summed E-state index contributed by atoms with van der Waals surface area (Å²) in [6.45, 7) is 8.12. The van der Waals surface area contributed by atoms with Crippen LogP contribution in [0.5, 0.6) is 0 Å². The quantitative estimate of drug-likeness (QED) is 0.715. The highest BCUT2D eigenvalue weighted by molar-refractivity contribution is 7.99. The van der Waals surface area contributed by atoms with Crippen LogP contribution >= 0.6 is 11.8 Å². The molecule has 1 amide bonds. The number of hydrogen-bond acceptors (Lipinski definition) is 4. The maximum absolute atomic E-state index is 12.6. The van der Waals surface area contributed by atoms with Gasteiger partial charge in [-0.05, 0) is 45.6 Å². The van der Waals surface area contributed by atoms with Gasteiger partial charge in [0.2, 0.25) is 5.91 Å². The van der Waals surface area contributed by atoms with E-state index >= 15 is 0 Å². The van der Waals surface area contributed by atoms with Crippen molar-refractivity contribution in [3.63, 3.8) is 0 Å². The predicted molar refractivity (Wildman–Crippen MR) is 106 cm³/mol. The SMILES string of the molecule is CCCn1c(SCC(=O)N2CCCCC2C)nnc1-c1cccc(C)c1. The molecule has 0 aliphatic carbocycles. The minimum absolute atomic E-state index is 0.213. The van der Waals surface area contributed by atoms with Crippen LogP contribution in [0.3, 0.4) is 0 Å². The van der Waals surface area contributed by atoms with Gasteiger partial charge in [0.1, 0.15) is 0 Å². The lowest BCUT2D eigenvalue weighted by molar-refractivity contribution is -0.131. The molecule has 3 rings (SSSR count). The molecule has 1 aliphatic rings. The number of thioether (sulfide) groups is 1. The van der Waals surface area contributed by atoms with E-state index < -0.39 is 0 Å². The number of aromatic nitrogens is 3. The van der Waals surface area contributed by atoms with Gasteiger partial charge in [0.05, 0.1) is 5.75 Å². The second kappa shape index (κ2) is 8.71. The Kier molecular flexibility index (Phi) is 6.35. The molecule has 2 heterocycles. The van der Waals surface area contributed by atoms with Gasteiger partial charge in [-0.2, -0.15) is 0 Å². The van der Waals surface area contributed by atoms with Crippen molar-refractivity contribution in [1.29, 1.82) is 0 Å². The molecule has 1 fully saturated rings. The average Bonchev–Trinajstić information content (AvgIpc) is 3.03. The molecule has 6 heteroatoms. The number of benzene rings is 1. The summed E-state index contributed by atoms with van der Waals surface area (Å²) >= 11 is 1.51. The Morgan fingerprint density at radius 2 is 2.15 bits per heavy atom. The third kappa shape index (κ3) is 4.29. The summed E-state index contributed by atoms with van der Waals surface area (Å²) in [5, 5.41) is 9.64. The first-order chi connectivity index (χ1) is 12.6. The molecule has 0 radical (unpaired) electrons. The van der Waals surface area contributed by atoms with Crippen molar-refractivity contribution in [1.82, 2.24) is 19.7 Å². The molecular formula is C20H28N4OS. The molecule has 26 heavy (non-hydrogen) atoms. The largest absolute Gasteiger partial charge is 0.339 e. The van der Waals surface area contributed by atoms with Gasteiger partial charge in [-0.1, -0.05) is 42.4 Å². The lowest BCUT2D eigenvalue weighted by Gasteiger charge is -2.33. The van der Waals surface area contributed by atoms with Crippen molar-refractivity contribution in [2.24, 2.45) is 0 Å². The van der Waals surface area contributed by atoms with Crippen molar-refractivity contribution in [2.75, 3.05) is 12.3 Å². The number of hydrogen-bond donors (Lipinski definition) is 0. The summed E-state index contributed by atoms with van der Waals surface area (Å²) in [5.74, 6) is 1.53. The Morgan fingerprint density at radius 1 is 1.31 bits per heavy atom. The summed E-state index contributed by atoms with van der Waals surface area (Å²) in [7, 11) is 0. The smallest absolute Gasteiger partial charge is 0.233 e. The highest BCUT2D eigenvalue weighted by Gasteiger charge is 2.24. The predicted octanol–water partition coefficient (Wildman–Crippen LogP) is 4.16. The van der Waals surface area contributed by atoms with Crippen molar-refractivity contribution in [3.8, 4) is 11.4 Å². The number of carbonyl (C=O) groups excluding carboxylic acids is 1. The molecule has 0 saturated carbocycles. The number of carbonyl (C=O) groups is 1. The fraction of sp³-hybridized carbons (Fsp3) is 0.550. The number of piperidine rings is 1. The van der Waals surface area contributed by atoms with Crippen molar-refractivity contribution < 1.29 is 4.79 Å². The Hall–Kier alpha value is -1.82. The van der Waals surface area contributed by atoms with Gasteiger partial charge in [-0.3, -0.25) is 4.79 Å². The highest BCUT2D eigenvalue weighted by atomic mass is 32.2. The number of aryl methyl sites for hydroxylation is 1. The molecule has 0 N–H and O–H groups in total.